The second-order valence-electron chi connectivity index (χ2n) is 3.62. The first kappa shape index (κ1) is 11.0. The molecule has 0 saturated heterocycles. The van der Waals surface area contributed by atoms with Gasteiger partial charge in [0.1, 0.15) is 5.78 Å². The molecule has 1 aromatic rings. The fraction of sp³-hybridized carbons (Fsp3) is 0.300. The Morgan fingerprint density at radius 2 is 2.19 bits per heavy atom. The van der Waals surface area contributed by atoms with Crippen molar-refractivity contribution in [1.82, 2.24) is 0 Å². The van der Waals surface area contributed by atoms with Crippen LogP contribution in [0.5, 0.6) is 11.5 Å². The zero-order chi connectivity index (χ0) is 11.7. The quantitative estimate of drug-likeness (QED) is 0.656. The van der Waals surface area contributed by atoms with Crippen molar-refractivity contribution in [3.05, 3.63) is 17.7 Å². The third-order valence-electron chi connectivity index (χ3n) is 2.37. The van der Waals surface area contributed by atoms with Crippen molar-refractivity contribution >= 4 is 18.4 Å². The third kappa shape index (κ3) is 1.89. The number of carbonyl (C=O) groups excluding carboxylic acids is 1. The van der Waals surface area contributed by atoms with Gasteiger partial charge in [0.2, 0.25) is 6.79 Å². The van der Waals surface area contributed by atoms with E-state index in [4.69, 9.17) is 9.47 Å². The molecule has 0 unspecified atom stereocenters. The molecular formula is C10H11BO5. The van der Waals surface area contributed by atoms with E-state index < -0.39 is 7.12 Å². The van der Waals surface area contributed by atoms with Gasteiger partial charge >= 0.3 is 7.12 Å². The number of benzene rings is 1. The molecule has 2 rings (SSSR count). The van der Waals surface area contributed by atoms with Crippen LogP contribution in [0.4, 0.5) is 0 Å². The highest BCUT2D eigenvalue weighted by atomic mass is 16.7. The zero-order valence-corrected chi connectivity index (χ0v) is 8.77. The summed E-state index contributed by atoms with van der Waals surface area (Å²) in [5, 5.41) is 18.6. The predicted molar refractivity (Wildman–Crippen MR) is 56.8 cm³/mol. The molecule has 0 saturated carbocycles. The SMILES string of the molecule is CC(=O)Cc1ccc2c(c1B(O)O)OCO2. The zero-order valence-electron chi connectivity index (χ0n) is 8.77. The maximum Gasteiger partial charge on any atom is 0.492 e. The van der Waals surface area contributed by atoms with Crippen molar-refractivity contribution < 1.29 is 24.3 Å². The maximum atomic E-state index is 11.1. The molecule has 0 spiro atoms. The van der Waals surface area contributed by atoms with Crippen LogP contribution < -0.4 is 14.9 Å². The van der Waals surface area contributed by atoms with Crippen LogP contribution in [0.2, 0.25) is 0 Å². The summed E-state index contributed by atoms with van der Waals surface area (Å²) in [7, 11) is -1.68. The summed E-state index contributed by atoms with van der Waals surface area (Å²) in [5.74, 6) is 0.727. The minimum Gasteiger partial charge on any atom is -0.454 e. The summed E-state index contributed by atoms with van der Waals surface area (Å²) < 4.78 is 10.3. The lowest BCUT2D eigenvalue weighted by atomic mass is 9.75. The highest BCUT2D eigenvalue weighted by molar-refractivity contribution is 6.60. The van der Waals surface area contributed by atoms with Gasteiger partial charge in [-0.05, 0) is 18.6 Å². The summed E-state index contributed by atoms with van der Waals surface area (Å²) >= 11 is 0. The van der Waals surface area contributed by atoms with Gasteiger partial charge in [-0.3, -0.25) is 4.79 Å². The van der Waals surface area contributed by atoms with Crippen molar-refractivity contribution in [3.8, 4) is 11.5 Å². The molecule has 6 heteroatoms. The molecule has 0 bridgehead atoms. The van der Waals surface area contributed by atoms with E-state index in [9.17, 15) is 14.8 Å². The van der Waals surface area contributed by atoms with E-state index in [0.29, 0.717) is 17.1 Å². The van der Waals surface area contributed by atoms with Gasteiger partial charge in [-0.15, -0.1) is 0 Å². The molecular weight excluding hydrogens is 211 g/mol. The van der Waals surface area contributed by atoms with Crippen molar-refractivity contribution in [1.29, 1.82) is 0 Å². The average Bonchev–Trinajstić information content (AvgIpc) is 2.63. The molecule has 84 valence electrons. The third-order valence-corrected chi connectivity index (χ3v) is 2.37. The Kier molecular flexibility index (Phi) is 2.85. The smallest absolute Gasteiger partial charge is 0.454 e. The summed E-state index contributed by atoms with van der Waals surface area (Å²) in [6.45, 7) is 1.50. The minimum atomic E-state index is -1.68. The lowest BCUT2D eigenvalue weighted by Gasteiger charge is -2.10. The van der Waals surface area contributed by atoms with E-state index in [1.165, 1.54) is 6.92 Å². The molecule has 0 atom stereocenters. The van der Waals surface area contributed by atoms with E-state index in [2.05, 4.69) is 0 Å². The number of Topliss-reactive ketones (excluding diaryl/α,β-unsaturated/α-hetero) is 1. The van der Waals surface area contributed by atoms with Gasteiger partial charge in [-0.2, -0.15) is 0 Å². The minimum absolute atomic E-state index is 0.0541. The van der Waals surface area contributed by atoms with Crippen molar-refractivity contribution in [2.45, 2.75) is 13.3 Å². The van der Waals surface area contributed by atoms with E-state index in [1.54, 1.807) is 12.1 Å². The predicted octanol–water partition coefficient (Wildman–Crippen LogP) is -0.773. The van der Waals surface area contributed by atoms with Gasteiger partial charge in [0.25, 0.3) is 0 Å². The summed E-state index contributed by atoms with van der Waals surface area (Å²) in [6, 6.07) is 3.30. The van der Waals surface area contributed by atoms with Crippen LogP contribution in [0.25, 0.3) is 0 Å². The molecule has 0 radical (unpaired) electrons. The Morgan fingerprint density at radius 1 is 1.44 bits per heavy atom. The number of rotatable bonds is 3. The number of hydrogen-bond donors (Lipinski definition) is 2. The maximum absolute atomic E-state index is 11.1. The van der Waals surface area contributed by atoms with Crippen LogP contribution in [0.1, 0.15) is 12.5 Å². The largest absolute Gasteiger partial charge is 0.492 e. The molecule has 1 aliphatic rings. The first-order valence-electron chi connectivity index (χ1n) is 4.86. The molecule has 5 nitrogen and oxygen atoms in total. The normalized spacial score (nSPS) is 12.7. The lowest BCUT2D eigenvalue weighted by Crippen LogP contribution is -2.34. The first-order chi connectivity index (χ1) is 7.59. The Morgan fingerprint density at radius 3 is 2.81 bits per heavy atom. The van der Waals surface area contributed by atoms with Gasteiger partial charge in [0, 0.05) is 11.9 Å². The molecule has 0 fully saturated rings. The Labute approximate surface area is 92.8 Å². The lowest BCUT2D eigenvalue weighted by molar-refractivity contribution is -0.116. The molecule has 1 aliphatic heterocycles. The standard InChI is InChI=1S/C10H11BO5/c1-6(12)4-7-2-3-8-10(16-5-15-8)9(7)11(13)14/h2-3,13-14H,4-5H2,1H3. The highest BCUT2D eigenvalue weighted by Crippen LogP contribution is 2.31. The highest BCUT2D eigenvalue weighted by Gasteiger charge is 2.28. The summed E-state index contributed by atoms with van der Waals surface area (Å²) in [4.78, 5) is 11.1. The Hall–Kier alpha value is -1.53. The number of ketones is 1. The van der Waals surface area contributed by atoms with E-state index in [0.717, 1.165) is 0 Å². The van der Waals surface area contributed by atoms with Crippen LogP contribution in [0.15, 0.2) is 12.1 Å². The number of ether oxygens (including phenoxy) is 2. The average molecular weight is 222 g/mol. The topological polar surface area (TPSA) is 76.0 Å². The molecule has 1 aromatic carbocycles. The van der Waals surface area contributed by atoms with Gasteiger partial charge < -0.3 is 19.5 Å². The first-order valence-corrected chi connectivity index (χ1v) is 4.86. The molecule has 0 amide bonds. The number of fused-ring (bicyclic) bond motifs is 1. The number of carbonyl (C=O) groups is 1. The fourth-order valence-electron chi connectivity index (χ4n) is 1.74. The molecule has 1 heterocycles. The molecule has 16 heavy (non-hydrogen) atoms. The fourth-order valence-corrected chi connectivity index (χ4v) is 1.74. The molecule has 0 aliphatic carbocycles. The summed E-state index contributed by atoms with van der Waals surface area (Å²) in [6.07, 6.45) is 0.142. The van der Waals surface area contributed by atoms with E-state index >= 15 is 0 Å². The Balaban J connectivity index is 2.49. The van der Waals surface area contributed by atoms with Gasteiger partial charge in [-0.1, -0.05) is 6.07 Å². The summed E-state index contributed by atoms with van der Waals surface area (Å²) in [5.41, 5.74) is 0.761. The van der Waals surface area contributed by atoms with E-state index in [1.807, 2.05) is 0 Å². The molecule has 0 aromatic heterocycles. The monoisotopic (exact) mass is 222 g/mol. The van der Waals surface area contributed by atoms with Gasteiger partial charge in [0.05, 0.1) is 0 Å². The number of hydrogen-bond acceptors (Lipinski definition) is 5. The second-order valence-corrected chi connectivity index (χ2v) is 3.62. The molecule has 2 N–H and O–H groups in total. The van der Waals surface area contributed by atoms with Crippen LogP contribution in [-0.2, 0) is 11.2 Å². The van der Waals surface area contributed by atoms with Crippen LogP contribution in [0.3, 0.4) is 0 Å². The van der Waals surface area contributed by atoms with Gasteiger partial charge in [-0.25, -0.2) is 0 Å². The van der Waals surface area contributed by atoms with Crippen molar-refractivity contribution in [2.75, 3.05) is 6.79 Å². The van der Waals surface area contributed by atoms with Crippen LogP contribution in [-0.4, -0.2) is 29.7 Å². The van der Waals surface area contributed by atoms with Crippen molar-refractivity contribution in [3.63, 3.8) is 0 Å². The van der Waals surface area contributed by atoms with Crippen LogP contribution >= 0.6 is 0 Å². The second kappa shape index (κ2) is 4.15. The van der Waals surface area contributed by atoms with Crippen LogP contribution in [0, 0.1) is 0 Å². The Bertz CT molecular complexity index is 429. The van der Waals surface area contributed by atoms with Gasteiger partial charge in [0.15, 0.2) is 11.5 Å². The van der Waals surface area contributed by atoms with Crippen molar-refractivity contribution in [2.24, 2.45) is 0 Å². The van der Waals surface area contributed by atoms with E-state index in [-0.39, 0.29) is 24.5 Å².